The number of nitrogens with zero attached hydrogens (tertiary/aromatic N) is 3. The first-order valence-corrected chi connectivity index (χ1v) is 12.5. The molecule has 0 bridgehead atoms. The Kier molecular flexibility index (Phi) is 9.10. The topological polar surface area (TPSA) is 83.9 Å². The highest BCUT2D eigenvalue weighted by Crippen LogP contribution is 2.22. The number of nitrogens with one attached hydrogen (secondary N) is 1. The number of carbonyl (C=O) groups excluding carboxylic acids is 3. The molecule has 8 nitrogen and oxygen atoms in total. The molecule has 37 heavy (non-hydrogen) atoms. The zero-order valence-electron chi connectivity index (χ0n) is 22.7. The second-order valence-electron chi connectivity index (χ2n) is 10.6. The second-order valence-corrected chi connectivity index (χ2v) is 10.6. The zero-order chi connectivity index (χ0) is 27.2. The van der Waals surface area contributed by atoms with Gasteiger partial charge in [-0.05, 0) is 58.5 Å². The van der Waals surface area contributed by atoms with Crippen molar-refractivity contribution >= 4 is 28.8 Å². The number of fused-ring (bicyclic) bond motifs is 1. The molecule has 0 spiro atoms. The average molecular weight is 507 g/mol. The molecular formula is C29H38N4O4. The number of hydrogen-bond acceptors (Lipinski definition) is 5. The van der Waals surface area contributed by atoms with Crippen molar-refractivity contribution in [3.8, 4) is 0 Å². The molecule has 0 radical (unpaired) electrons. The minimum absolute atomic E-state index is 0.153. The summed E-state index contributed by atoms with van der Waals surface area (Å²) in [6, 6.07) is 17.1. The van der Waals surface area contributed by atoms with E-state index in [0.29, 0.717) is 0 Å². The zero-order valence-corrected chi connectivity index (χ0v) is 22.7. The van der Waals surface area contributed by atoms with Gasteiger partial charge in [0.15, 0.2) is 6.10 Å². The summed E-state index contributed by atoms with van der Waals surface area (Å²) in [6.07, 6.45) is 1.13. The lowest BCUT2D eigenvalue weighted by molar-refractivity contribution is -0.138. The Morgan fingerprint density at radius 1 is 0.973 bits per heavy atom. The van der Waals surface area contributed by atoms with E-state index in [2.05, 4.69) is 10.2 Å². The van der Waals surface area contributed by atoms with Crippen LogP contribution >= 0.6 is 0 Å². The van der Waals surface area contributed by atoms with Crippen molar-refractivity contribution in [3.63, 3.8) is 0 Å². The first-order chi connectivity index (χ1) is 17.4. The predicted molar refractivity (Wildman–Crippen MR) is 146 cm³/mol. The van der Waals surface area contributed by atoms with Gasteiger partial charge in [-0.3, -0.25) is 14.2 Å². The van der Waals surface area contributed by atoms with Crippen molar-refractivity contribution in [2.75, 3.05) is 34.2 Å². The number of likely N-dealkylation sites (N-methyl/N-ethyl adjacent to an activating group) is 2. The Morgan fingerprint density at radius 2 is 1.62 bits per heavy atom. The molecule has 0 saturated carbocycles. The molecule has 1 N–H and O–H groups in total. The maximum absolute atomic E-state index is 13.4. The summed E-state index contributed by atoms with van der Waals surface area (Å²) >= 11 is 0. The van der Waals surface area contributed by atoms with Crippen LogP contribution in [0.1, 0.15) is 36.7 Å². The molecule has 0 fully saturated rings. The normalized spacial score (nSPS) is 12.4. The van der Waals surface area contributed by atoms with E-state index in [1.165, 1.54) is 4.90 Å². The molecule has 0 aliphatic heterocycles. The van der Waals surface area contributed by atoms with Gasteiger partial charge in [0.05, 0.1) is 5.52 Å². The van der Waals surface area contributed by atoms with Crippen LogP contribution in [-0.4, -0.2) is 78.1 Å². The van der Waals surface area contributed by atoms with Crippen LogP contribution in [0.4, 0.5) is 4.79 Å². The van der Waals surface area contributed by atoms with Crippen LogP contribution in [0.5, 0.6) is 0 Å². The molecular weight excluding hydrogens is 468 g/mol. The number of ether oxygens (including phenoxy) is 1. The number of rotatable bonds is 9. The Hall–Kier alpha value is -3.65. The van der Waals surface area contributed by atoms with Gasteiger partial charge in [0, 0.05) is 37.1 Å². The van der Waals surface area contributed by atoms with Crippen LogP contribution < -0.4 is 5.32 Å². The Morgan fingerprint density at radius 3 is 2.27 bits per heavy atom. The summed E-state index contributed by atoms with van der Waals surface area (Å²) in [5.41, 5.74) is 2.23. The number of hydrogen-bond donors (Lipinski definition) is 1. The third kappa shape index (κ3) is 7.92. The highest BCUT2D eigenvalue weighted by atomic mass is 16.6. The highest BCUT2D eigenvalue weighted by Gasteiger charge is 2.29. The Balaban J connectivity index is 1.79. The highest BCUT2D eigenvalue weighted by molar-refractivity contribution is 5.97. The maximum atomic E-state index is 13.4. The van der Waals surface area contributed by atoms with E-state index >= 15 is 0 Å². The maximum Gasteiger partial charge on any atom is 0.408 e. The molecule has 2 amide bonds. The largest absolute Gasteiger partial charge is 0.436 e. The third-order valence-electron chi connectivity index (χ3n) is 5.91. The number of aromatic nitrogens is 1. The van der Waals surface area contributed by atoms with Crippen LogP contribution in [0.3, 0.4) is 0 Å². The standard InChI is InChI=1S/C29H38N4O4/c1-29(2,3)30-28(36)37-25(18-21-12-8-7-9-13-21)27(35)32(6)20-26(34)33-19-22(16-17-31(4)5)23-14-10-11-15-24(23)33/h7-15,19,25H,16-18,20H2,1-6H3,(H,30,36)/t25-/m0/s1. The lowest BCUT2D eigenvalue weighted by Gasteiger charge is -2.26. The average Bonchev–Trinajstić information content (AvgIpc) is 3.20. The van der Waals surface area contributed by atoms with Gasteiger partial charge in [0.1, 0.15) is 6.54 Å². The number of para-hydroxylation sites is 1. The summed E-state index contributed by atoms with van der Waals surface area (Å²) in [5, 5.41) is 3.76. The minimum atomic E-state index is -1.07. The van der Waals surface area contributed by atoms with Crippen LogP contribution in [0, 0.1) is 0 Å². The van der Waals surface area contributed by atoms with Gasteiger partial charge in [0.2, 0.25) is 0 Å². The number of alkyl carbamates (subject to hydrolysis) is 1. The number of carbonyl (C=O) groups is 3. The van der Waals surface area contributed by atoms with Gasteiger partial charge in [-0.1, -0.05) is 48.5 Å². The third-order valence-corrected chi connectivity index (χ3v) is 5.91. The molecule has 1 atom stereocenters. The predicted octanol–water partition coefficient (Wildman–Crippen LogP) is 3.98. The molecule has 0 unspecified atom stereocenters. The lowest BCUT2D eigenvalue weighted by atomic mass is 10.1. The van der Waals surface area contributed by atoms with E-state index in [9.17, 15) is 14.4 Å². The molecule has 198 valence electrons. The molecule has 1 aromatic heterocycles. The van der Waals surface area contributed by atoms with E-state index in [-0.39, 0.29) is 18.9 Å². The number of amides is 2. The molecule has 0 saturated heterocycles. The van der Waals surface area contributed by atoms with Gasteiger partial charge in [-0.15, -0.1) is 0 Å². The van der Waals surface area contributed by atoms with E-state index < -0.39 is 23.6 Å². The van der Waals surface area contributed by atoms with Gasteiger partial charge in [-0.2, -0.15) is 0 Å². The van der Waals surface area contributed by atoms with E-state index in [4.69, 9.17) is 4.74 Å². The van der Waals surface area contributed by atoms with Crippen LogP contribution in [0.2, 0.25) is 0 Å². The summed E-state index contributed by atoms with van der Waals surface area (Å²) in [4.78, 5) is 42.7. The molecule has 3 aromatic rings. The quantitative estimate of drug-likeness (QED) is 0.475. The summed E-state index contributed by atoms with van der Waals surface area (Å²) in [5.74, 6) is -0.675. The molecule has 0 aliphatic carbocycles. The van der Waals surface area contributed by atoms with Crippen LogP contribution in [0.15, 0.2) is 60.8 Å². The van der Waals surface area contributed by atoms with Crippen molar-refractivity contribution in [2.45, 2.75) is 45.3 Å². The van der Waals surface area contributed by atoms with Crippen molar-refractivity contribution < 1.29 is 19.1 Å². The van der Waals surface area contributed by atoms with Gasteiger partial charge < -0.3 is 19.9 Å². The molecule has 1 heterocycles. The Bertz CT molecular complexity index is 1230. The van der Waals surface area contributed by atoms with E-state index in [1.54, 1.807) is 11.6 Å². The fourth-order valence-electron chi connectivity index (χ4n) is 4.07. The van der Waals surface area contributed by atoms with Crippen LogP contribution in [0.25, 0.3) is 10.9 Å². The monoisotopic (exact) mass is 506 g/mol. The first-order valence-electron chi connectivity index (χ1n) is 12.5. The fraction of sp³-hybridized carbons (Fsp3) is 0.414. The lowest BCUT2D eigenvalue weighted by Crippen LogP contribution is -2.47. The molecule has 3 rings (SSSR count). The summed E-state index contributed by atoms with van der Waals surface area (Å²) in [7, 11) is 5.59. The van der Waals surface area contributed by atoms with Crippen molar-refractivity contribution in [1.82, 2.24) is 19.7 Å². The van der Waals surface area contributed by atoms with Crippen molar-refractivity contribution in [1.29, 1.82) is 0 Å². The van der Waals surface area contributed by atoms with Gasteiger partial charge in [-0.25, -0.2) is 4.79 Å². The fourth-order valence-corrected chi connectivity index (χ4v) is 4.07. The van der Waals surface area contributed by atoms with Crippen molar-refractivity contribution in [2.24, 2.45) is 0 Å². The minimum Gasteiger partial charge on any atom is -0.436 e. The summed E-state index contributed by atoms with van der Waals surface area (Å²) in [6.45, 7) is 6.21. The molecule has 2 aromatic carbocycles. The molecule has 0 aliphatic rings. The Labute approximate surface area is 219 Å². The van der Waals surface area contributed by atoms with E-state index in [1.807, 2.05) is 95.7 Å². The SMILES string of the molecule is CN(C)CCc1cn(C(=O)CN(C)C(=O)[C@H](Cc2ccccc2)OC(=O)NC(C)(C)C)c2ccccc12. The first kappa shape index (κ1) is 27.9. The van der Waals surface area contributed by atoms with Gasteiger partial charge >= 0.3 is 6.09 Å². The van der Waals surface area contributed by atoms with E-state index in [0.717, 1.165) is 35.0 Å². The second kappa shape index (κ2) is 12.1. The number of benzene rings is 2. The smallest absolute Gasteiger partial charge is 0.408 e. The summed E-state index contributed by atoms with van der Waals surface area (Å²) < 4.78 is 7.18. The van der Waals surface area contributed by atoms with Crippen LogP contribution in [-0.2, 0) is 22.4 Å². The van der Waals surface area contributed by atoms with Gasteiger partial charge in [0.25, 0.3) is 11.8 Å². The van der Waals surface area contributed by atoms with Crippen molar-refractivity contribution in [3.05, 3.63) is 71.9 Å². The molecule has 8 heteroatoms.